The molecule has 2 N–H and O–H groups in total. The molecule has 0 aromatic rings. The van der Waals surface area contributed by atoms with Gasteiger partial charge in [-0.05, 0) is 19.3 Å². The number of rotatable bonds is 23. The van der Waals surface area contributed by atoms with Crippen LogP contribution in [-0.4, -0.2) is 22.2 Å². The van der Waals surface area contributed by atoms with Crippen LogP contribution in [-0.2, 0) is 9.59 Å². The quantitative estimate of drug-likeness (QED) is 0.119. The Balaban J connectivity index is 0. The third kappa shape index (κ3) is 36.1. The van der Waals surface area contributed by atoms with Crippen LogP contribution in [0.3, 0.4) is 0 Å². The van der Waals surface area contributed by atoms with Crippen LogP contribution in [0.25, 0.3) is 0 Å². The second-order valence-corrected chi connectivity index (χ2v) is 9.04. The van der Waals surface area contributed by atoms with Crippen molar-refractivity contribution in [2.24, 2.45) is 0 Å². The molecule has 0 aliphatic heterocycles. The minimum absolute atomic E-state index is 0.344. The summed E-state index contributed by atoms with van der Waals surface area (Å²) in [6, 6.07) is 0. The van der Waals surface area contributed by atoms with Crippen molar-refractivity contribution in [3.63, 3.8) is 0 Å². The minimum Gasteiger partial charge on any atom is -0.481 e. The third-order valence-electron chi connectivity index (χ3n) is 5.73. The van der Waals surface area contributed by atoms with Gasteiger partial charge >= 0.3 is 11.9 Å². The molecule has 0 aromatic carbocycles. The number of unbranched alkanes of at least 4 members (excludes halogenated alkanes) is 19. The predicted molar refractivity (Wildman–Crippen MR) is 137 cm³/mol. The van der Waals surface area contributed by atoms with Gasteiger partial charge in [-0.15, -0.1) is 0 Å². The molecule has 4 heteroatoms. The Kier molecular flexibility index (Phi) is 30.5. The lowest BCUT2D eigenvalue weighted by molar-refractivity contribution is -0.137. The molecule has 0 saturated carbocycles. The van der Waals surface area contributed by atoms with Crippen molar-refractivity contribution >= 4 is 11.9 Å². The van der Waals surface area contributed by atoms with Gasteiger partial charge in [0.2, 0.25) is 0 Å². The molecule has 0 rings (SSSR count). The molecule has 0 bridgehead atoms. The Morgan fingerprint density at radius 2 is 0.875 bits per heavy atom. The average Bonchev–Trinajstić information content (AvgIpc) is 2.76. The monoisotopic (exact) mass is 454 g/mol. The van der Waals surface area contributed by atoms with E-state index in [1.807, 2.05) is 0 Å². The van der Waals surface area contributed by atoms with Crippen molar-refractivity contribution in [3.05, 3.63) is 12.2 Å². The van der Waals surface area contributed by atoms with E-state index in [1.165, 1.54) is 115 Å². The minimum atomic E-state index is -0.837. The zero-order valence-corrected chi connectivity index (χ0v) is 21.4. The number of carboxylic acid groups (broad SMARTS) is 2. The van der Waals surface area contributed by atoms with Gasteiger partial charge in [-0.25, -0.2) is 4.79 Å². The van der Waals surface area contributed by atoms with Gasteiger partial charge in [0.05, 0.1) is 0 Å². The fourth-order valence-electron chi connectivity index (χ4n) is 3.70. The van der Waals surface area contributed by atoms with Crippen molar-refractivity contribution < 1.29 is 19.8 Å². The number of aliphatic carboxylic acids is 2. The van der Waals surface area contributed by atoms with E-state index in [9.17, 15) is 9.59 Å². The van der Waals surface area contributed by atoms with E-state index >= 15 is 0 Å². The van der Waals surface area contributed by atoms with Crippen LogP contribution in [0.5, 0.6) is 0 Å². The molecule has 190 valence electrons. The van der Waals surface area contributed by atoms with Gasteiger partial charge in [0.15, 0.2) is 0 Å². The molecule has 0 amide bonds. The first-order chi connectivity index (χ1) is 15.5. The molecule has 0 unspecified atom stereocenters. The second kappa shape index (κ2) is 29.7. The smallest absolute Gasteiger partial charge is 0.327 e. The van der Waals surface area contributed by atoms with Gasteiger partial charge in [0, 0.05) is 12.5 Å². The first-order valence-corrected chi connectivity index (χ1v) is 13.7. The Bertz CT molecular complexity index is 418. The Labute approximate surface area is 199 Å². The van der Waals surface area contributed by atoms with Crippen LogP contribution >= 0.6 is 0 Å². The number of allylic oxidation sites excluding steroid dienone is 1. The maximum absolute atomic E-state index is 10.3. The van der Waals surface area contributed by atoms with Gasteiger partial charge in [-0.3, -0.25) is 4.79 Å². The molecular formula is C28H54O4. The fourth-order valence-corrected chi connectivity index (χ4v) is 3.70. The molecule has 0 radical (unpaired) electrons. The summed E-state index contributed by atoms with van der Waals surface area (Å²) in [6.45, 7) is 4.49. The molecule has 0 aliphatic rings. The molecule has 0 atom stereocenters. The van der Waals surface area contributed by atoms with E-state index in [0.717, 1.165) is 25.7 Å². The highest BCUT2D eigenvalue weighted by Gasteiger charge is 1.96. The molecule has 0 saturated heterocycles. The van der Waals surface area contributed by atoms with E-state index in [1.54, 1.807) is 6.08 Å². The normalized spacial score (nSPS) is 10.8. The van der Waals surface area contributed by atoms with Gasteiger partial charge < -0.3 is 10.2 Å². The lowest BCUT2D eigenvalue weighted by Crippen LogP contribution is -1.93. The molecule has 0 spiro atoms. The predicted octanol–water partition coefficient (Wildman–Crippen LogP) is 9.32. The number of hydrogen-bond acceptors (Lipinski definition) is 2. The van der Waals surface area contributed by atoms with Gasteiger partial charge in [-0.2, -0.15) is 0 Å². The maximum atomic E-state index is 10.3. The van der Waals surface area contributed by atoms with E-state index in [4.69, 9.17) is 10.2 Å². The summed E-state index contributed by atoms with van der Waals surface area (Å²) >= 11 is 0. The van der Waals surface area contributed by atoms with E-state index in [2.05, 4.69) is 13.8 Å². The van der Waals surface area contributed by atoms with Crippen molar-refractivity contribution in [2.45, 2.75) is 155 Å². The Morgan fingerprint density at radius 3 is 1.22 bits per heavy atom. The topological polar surface area (TPSA) is 74.6 Å². The van der Waals surface area contributed by atoms with E-state index in [0.29, 0.717) is 6.42 Å². The molecule has 4 nitrogen and oxygen atoms in total. The third-order valence-corrected chi connectivity index (χ3v) is 5.73. The average molecular weight is 455 g/mol. The summed E-state index contributed by atoms with van der Waals surface area (Å²) in [5.41, 5.74) is 0. The van der Waals surface area contributed by atoms with Crippen molar-refractivity contribution in [1.82, 2.24) is 0 Å². The maximum Gasteiger partial charge on any atom is 0.327 e. The summed E-state index contributed by atoms with van der Waals surface area (Å²) in [4.78, 5) is 20.4. The molecule has 0 fully saturated rings. The largest absolute Gasteiger partial charge is 0.481 e. The number of carbonyl (C=O) groups is 2. The molecule has 0 aliphatic carbocycles. The highest BCUT2D eigenvalue weighted by Crippen LogP contribution is 2.12. The Hall–Kier alpha value is -1.32. The zero-order valence-electron chi connectivity index (χ0n) is 21.4. The van der Waals surface area contributed by atoms with Crippen LogP contribution < -0.4 is 0 Å². The van der Waals surface area contributed by atoms with Crippen LogP contribution in [0.15, 0.2) is 12.2 Å². The standard InChI is InChI=1S/C14H28O2.C14H26O2/c2*1-2-3-4-5-6-7-8-9-10-11-12-13-14(15)16/h2-13H2,1H3,(H,15,16);12-13H,2-11H2,1H3,(H,15,16). The summed E-state index contributed by atoms with van der Waals surface area (Å²) in [7, 11) is 0. The van der Waals surface area contributed by atoms with Crippen LogP contribution in [0.1, 0.15) is 155 Å². The molecule has 0 aromatic heterocycles. The highest BCUT2D eigenvalue weighted by molar-refractivity contribution is 5.79. The summed E-state index contributed by atoms with van der Waals surface area (Å²) in [5.74, 6) is -1.49. The highest BCUT2D eigenvalue weighted by atomic mass is 16.4. The van der Waals surface area contributed by atoms with E-state index in [-0.39, 0.29) is 0 Å². The molecular weight excluding hydrogens is 400 g/mol. The van der Waals surface area contributed by atoms with Crippen LogP contribution in [0, 0.1) is 0 Å². The zero-order chi connectivity index (χ0) is 24.1. The van der Waals surface area contributed by atoms with Crippen molar-refractivity contribution in [2.75, 3.05) is 0 Å². The first-order valence-electron chi connectivity index (χ1n) is 13.7. The fraction of sp³-hybridized carbons (Fsp3) is 0.857. The van der Waals surface area contributed by atoms with Crippen LogP contribution in [0.2, 0.25) is 0 Å². The molecule has 32 heavy (non-hydrogen) atoms. The lowest BCUT2D eigenvalue weighted by atomic mass is 10.1. The lowest BCUT2D eigenvalue weighted by Gasteiger charge is -2.01. The van der Waals surface area contributed by atoms with Crippen molar-refractivity contribution in [3.8, 4) is 0 Å². The number of carboxylic acids is 2. The SMILES string of the molecule is CCCCCCCCCCCC=CC(=O)O.CCCCCCCCCCCCCC(=O)O. The summed E-state index contributed by atoms with van der Waals surface area (Å²) in [6.07, 6.45) is 30.1. The first kappa shape index (κ1) is 32.9. The van der Waals surface area contributed by atoms with Gasteiger partial charge in [0.1, 0.15) is 0 Å². The van der Waals surface area contributed by atoms with Gasteiger partial charge in [0.25, 0.3) is 0 Å². The molecule has 0 heterocycles. The van der Waals surface area contributed by atoms with Gasteiger partial charge in [-0.1, -0.05) is 135 Å². The van der Waals surface area contributed by atoms with Crippen LogP contribution in [0.4, 0.5) is 0 Å². The Morgan fingerprint density at radius 1 is 0.531 bits per heavy atom. The van der Waals surface area contributed by atoms with Crippen molar-refractivity contribution in [1.29, 1.82) is 0 Å². The summed E-state index contributed by atoms with van der Waals surface area (Å²) < 4.78 is 0. The van der Waals surface area contributed by atoms with E-state index < -0.39 is 11.9 Å². The number of hydrogen-bond donors (Lipinski definition) is 2. The summed E-state index contributed by atoms with van der Waals surface area (Å²) in [5, 5.41) is 16.8. The second-order valence-electron chi connectivity index (χ2n) is 9.04.